The van der Waals surface area contributed by atoms with E-state index in [1.54, 1.807) is 0 Å². The van der Waals surface area contributed by atoms with E-state index in [4.69, 9.17) is 5.73 Å². The molecule has 1 nitrogen and oxygen atoms in total. The Morgan fingerprint density at radius 3 is 2.69 bits per heavy atom. The summed E-state index contributed by atoms with van der Waals surface area (Å²) < 4.78 is 0. The summed E-state index contributed by atoms with van der Waals surface area (Å²) in [5, 5.41) is 0. The minimum Gasteiger partial charge on any atom is -0.399 e. The van der Waals surface area contributed by atoms with Gasteiger partial charge in [0.1, 0.15) is 0 Å². The summed E-state index contributed by atoms with van der Waals surface area (Å²) in [6.07, 6.45) is 9.47. The van der Waals surface area contributed by atoms with Crippen molar-refractivity contribution in [2.45, 2.75) is 19.3 Å². The van der Waals surface area contributed by atoms with Crippen molar-refractivity contribution in [2.24, 2.45) is 5.73 Å². The fraction of sp³-hybridized carbons (Fsp3) is 0.200. The van der Waals surface area contributed by atoms with Crippen molar-refractivity contribution in [3.63, 3.8) is 0 Å². The third-order valence-corrected chi connectivity index (χ3v) is 3.33. The van der Waals surface area contributed by atoms with Gasteiger partial charge in [-0.1, -0.05) is 42.0 Å². The van der Waals surface area contributed by atoms with Crippen LogP contribution in [0.25, 0.3) is 0 Å². The van der Waals surface area contributed by atoms with Crippen molar-refractivity contribution in [3.05, 3.63) is 70.5 Å². The van der Waals surface area contributed by atoms with Gasteiger partial charge in [0.2, 0.25) is 0 Å². The highest BCUT2D eigenvalue weighted by atomic mass is 14.6. The predicted molar refractivity (Wildman–Crippen MR) is 67.1 cm³/mol. The second-order valence-electron chi connectivity index (χ2n) is 4.60. The molecule has 3 aliphatic carbocycles. The van der Waals surface area contributed by atoms with Crippen molar-refractivity contribution < 1.29 is 0 Å². The molecule has 0 aromatic heterocycles. The molecule has 0 saturated heterocycles. The van der Waals surface area contributed by atoms with Gasteiger partial charge in [0.05, 0.1) is 0 Å². The third-order valence-electron chi connectivity index (χ3n) is 3.33. The first kappa shape index (κ1) is 9.46. The largest absolute Gasteiger partial charge is 0.399 e. The molecular formula is C15H15N. The zero-order chi connectivity index (χ0) is 11.1. The van der Waals surface area contributed by atoms with E-state index in [1.165, 1.54) is 22.3 Å². The quantitative estimate of drug-likeness (QED) is 0.795. The van der Waals surface area contributed by atoms with Crippen LogP contribution in [0.5, 0.6) is 0 Å². The normalized spacial score (nSPS) is 18.6. The molecule has 0 saturated carbocycles. The molecule has 0 unspecified atom stereocenters. The lowest BCUT2D eigenvalue weighted by molar-refractivity contribution is 0.920. The Bertz CT molecular complexity index is 510. The molecule has 1 aromatic rings. The standard InChI is InChI=1S/C15H15N/c1-10-6-12-8-13(7-10)14(12)9-15(16)11-4-2-3-5-11/h2-4,6-9,14H,5,16H2,1H3/b15-9-. The van der Waals surface area contributed by atoms with Gasteiger partial charge in [-0.2, -0.15) is 0 Å². The Labute approximate surface area is 96.0 Å². The molecule has 2 bridgehead atoms. The summed E-state index contributed by atoms with van der Waals surface area (Å²) in [6, 6.07) is 6.72. The van der Waals surface area contributed by atoms with Crippen LogP contribution in [0.1, 0.15) is 29.0 Å². The van der Waals surface area contributed by atoms with Crippen LogP contribution in [0.15, 0.2) is 53.8 Å². The van der Waals surface area contributed by atoms with Crippen molar-refractivity contribution in [2.75, 3.05) is 0 Å². The Morgan fingerprint density at radius 1 is 1.31 bits per heavy atom. The lowest BCUT2D eigenvalue weighted by atomic mass is 9.78. The molecule has 4 rings (SSSR count). The van der Waals surface area contributed by atoms with Crippen LogP contribution in [0.3, 0.4) is 0 Å². The Hall–Kier alpha value is -1.76. The fourth-order valence-electron chi connectivity index (χ4n) is 2.44. The highest BCUT2D eigenvalue weighted by Crippen LogP contribution is 2.38. The summed E-state index contributed by atoms with van der Waals surface area (Å²) in [7, 11) is 0. The zero-order valence-electron chi connectivity index (χ0n) is 9.40. The van der Waals surface area contributed by atoms with Crippen molar-refractivity contribution in [3.8, 4) is 0 Å². The van der Waals surface area contributed by atoms with Crippen LogP contribution in [0, 0.1) is 6.92 Å². The van der Waals surface area contributed by atoms with Gasteiger partial charge < -0.3 is 5.73 Å². The van der Waals surface area contributed by atoms with E-state index in [0.29, 0.717) is 5.92 Å². The van der Waals surface area contributed by atoms with Crippen molar-refractivity contribution in [1.82, 2.24) is 0 Å². The highest BCUT2D eigenvalue weighted by Gasteiger charge is 2.22. The van der Waals surface area contributed by atoms with Gasteiger partial charge in [0.15, 0.2) is 0 Å². The second-order valence-corrected chi connectivity index (χ2v) is 4.60. The molecule has 2 N–H and O–H groups in total. The molecule has 0 heterocycles. The maximum atomic E-state index is 6.10. The minimum atomic E-state index is 0.435. The Kier molecular flexibility index (Phi) is 2.00. The maximum Gasteiger partial charge on any atom is 0.0318 e. The van der Waals surface area contributed by atoms with E-state index in [9.17, 15) is 0 Å². The molecule has 0 atom stereocenters. The summed E-state index contributed by atoms with van der Waals surface area (Å²) >= 11 is 0. The lowest BCUT2D eigenvalue weighted by Crippen LogP contribution is -2.12. The fourth-order valence-corrected chi connectivity index (χ4v) is 2.44. The van der Waals surface area contributed by atoms with Crippen LogP contribution >= 0.6 is 0 Å². The molecule has 0 amide bonds. The van der Waals surface area contributed by atoms with Gasteiger partial charge in [-0.15, -0.1) is 0 Å². The first-order valence-electron chi connectivity index (χ1n) is 5.69. The maximum absolute atomic E-state index is 6.10. The number of hydrogen-bond donors (Lipinski definition) is 1. The number of benzene rings is 1. The first-order chi connectivity index (χ1) is 7.74. The van der Waals surface area contributed by atoms with E-state index in [1.807, 2.05) is 0 Å². The molecular weight excluding hydrogens is 194 g/mol. The Balaban J connectivity index is 1.84. The van der Waals surface area contributed by atoms with E-state index < -0.39 is 0 Å². The topological polar surface area (TPSA) is 26.0 Å². The number of nitrogens with two attached hydrogens (primary N) is 1. The van der Waals surface area contributed by atoms with E-state index >= 15 is 0 Å². The molecule has 0 aliphatic heterocycles. The molecule has 0 fully saturated rings. The number of hydrogen-bond acceptors (Lipinski definition) is 1. The van der Waals surface area contributed by atoms with Crippen LogP contribution < -0.4 is 5.73 Å². The molecule has 0 spiro atoms. The summed E-state index contributed by atoms with van der Waals surface area (Å²) in [6.45, 7) is 2.14. The summed E-state index contributed by atoms with van der Waals surface area (Å²) in [5.41, 5.74) is 12.4. The minimum absolute atomic E-state index is 0.435. The average Bonchev–Trinajstić information content (AvgIpc) is 2.78. The SMILES string of the molecule is Cc1cc2cc(c1)C2/C=C(\N)C1=CC=CC1. The van der Waals surface area contributed by atoms with Crippen LogP contribution in [-0.4, -0.2) is 0 Å². The average molecular weight is 209 g/mol. The molecule has 1 aromatic carbocycles. The summed E-state index contributed by atoms with van der Waals surface area (Å²) in [5.74, 6) is 0.435. The highest BCUT2D eigenvalue weighted by molar-refractivity contribution is 5.52. The first-order valence-corrected chi connectivity index (χ1v) is 5.69. The smallest absolute Gasteiger partial charge is 0.0318 e. The van der Waals surface area contributed by atoms with Gasteiger partial charge in [0, 0.05) is 11.6 Å². The van der Waals surface area contributed by atoms with E-state index in [-0.39, 0.29) is 0 Å². The third kappa shape index (κ3) is 1.40. The molecule has 1 heteroatoms. The van der Waals surface area contributed by atoms with Gasteiger partial charge in [-0.05, 0) is 36.1 Å². The monoisotopic (exact) mass is 209 g/mol. The van der Waals surface area contributed by atoms with Gasteiger partial charge in [0.25, 0.3) is 0 Å². The van der Waals surface area contributed by atoms with Crippen LogP contribution in [-0.2, 0) is 0 Å². The van der Waals surface area contributed by atoms with Gasteiger partial charge >= 0.3 is 0 Å². The second kappa shape index (κ2) is 3.38. The number of fused-ring (bicyclic) bond motifs is 2. The molecule has 3 aliphatic rings. The lowest BCUT2D eigenvalue weighted by Gasteiger charge is -2.26. The summed E-state index contributed by atoms with van der Waals surface area (Å²) in [4.78, 5) is 0. The number of rotatable bonds is 2. The Morgan fingerprint density at radius 2 is 2.06 bits per heavy atom. The van der Waals surface area contributed by atoms with E-state index in [2.05, 4.69) is 49.4 Å². The van der Waals surface area contributed by atoms with Gasteiger partial charge in [-0.25, -0.2) is 0 Å². The zero-order valence-corrected chi connectivity index (χ0v) is 9.40. The van der Waals surface area contributed by atoms with Gasteiger partial charge in [-0.3, -0.25) is 0 Å². The number of aryl methyl sites for hydroxylation is 1. The molecule has 80 valence electrons. The molecule has 16 heavy (non-hydrogen) atoms. The van der Waals surface area contributed by atoms with E-state index in [0.717, 1.165) is 12.1 Å². The number of allylic oxidation sites excluding steroid dienone is 5. The van der Waals surface area contributed by atoms with Crippen LogP contribution in [0.4, 0.5) is 0 Å². The van der Waals surface area contributed by atoms with Crippen LogP contribution in [0.2, 0.25) is 0 Å². The van der Waals surface area contributed by atoms with Crippen molar-refractivity contribution >= 4 is 0 Å². The molecule has 0 radical (unpaired) electrons. The predicted octanol–water partition coefficient (Wildman–Crippen LogP) is 3.17. The van der Waals surface area contributed by atoms with Crippen molar-refractivity contribution in [1.29, 1.82) is 0 Å².